The van der Waals surface area contributed by atoms with Crippen molar-refractivity contribution in [3.63, 3.8) is 0 Å². The van der Waals surface area contributed by atoms with Crippen LogP contribution >= 0.6 is 34.5 Å². The number of hydrogen-bond donors (Lipinski definition) is 1. The Morgan fingerprint density at radius 2 is 2.19 bits per heavy atom. The Kier molecular flexibility index (Phi) is 3.69. The van der Waals surface area contributed by atoms with Gasteiger partial charge in [0.25, 0.3) is 0 Å². The first-order valence-electron chi connectivity index (χ1n) is 4.78. The monoisotopic (exact) mass is 272 g/mol. The summed E-state index contributed by atoms with van der Waals surface area (Å²) in [6.07, 6.45) is 0. The highest BCUT2D eigenvalue weighted by molar-refractivity contribution is 7.14. The quantitative estimate of drug-likeness (QED) is 0.882. The van der Waals surface area contributed by atoms with Gasteiger partial charge in [-0.2, -0.15) is 0 Å². The summed E-state index contributed by atoms with van der Waals surface area (Å²) in [5.41, 5.74) is 1.12. The molecule has 0 bridgehead atoms. The summed E-state index contributed by atoms with van der Waals surface area (Å²) in [4.78, 5) is 4.14. The molecule has 5 heteroatoms. The van der Waals surface area contributed by atoms with E-state index in [9.17, 15) is 0 Å². The van der Waals surface area contributed by atoms with Crippen molar-refractivity contribution in [2.75, 3.05) is 5.32 Å². The first-order chi connectivity index (χ1) is 7.65. The molecule has 1 unspecified atom stereocenters. The molecule has 0 aliphatic rings. The number of nitrogens with zero attached hydrogens (tertiary/aromatic N) is 1. The van der Waals surface area contributed by atoms with Gasteiger partial charge in [0, 0.05) is 10.4 Å². The maximum absolute atomic E-state index is 5.93. The van der Waals surface area contributed by atoms with Gasteiger partial charge in [-0.05, 0) is 24.6 Å². The van der Waals surface area contributed by atoms with Crippen LogP contribution in [0.4, 0.5) is 5.13 Å². The summed E-state index contributed by atoms with van der Waals surface area (Å²) < 4.78 is 0. The number of thiazole rings is 1. The Hall–Kier alpha value is -0.770. The third kappa shape index (κ3) is 2.88. The number of benzene rings is 1. The SMILES string of the molecule is CC(Nc1nc(Cl)cs1)c1cccc(Cl)c1. The van der Waals surface area contributed by atoms with Gasteiger partial charge in [0.05, 0.1) is 6.04 Å². The van der Waals surface area contributed by atoms with Crippen molar-refractivity contribution in [2.45, 2.75) is 13.0 Å². The number of aromatic nitrogens is 1. The van der Waals surface area contributed by atoms with E-state index in [1.54, 1.807) is 5.38 Å². The smallest absolute Gasteiger partial charge is 0.184 e. The van der Waals surface area contributed by atoms with Crippen LogP contribution in [-0.2, 0) is 0 Å². The molecule has 16 heavy (non-hydrogen) atoms. The Morgan fingerprint density at radius 3 is 2.81 bits per heavy atom. The first-order valence-corrected chi connectivity index (χ1v) is 6.42. The van der Waals surface area contributed by atoms with Gasteiger partial charge in [-0.1, -0.05) is 35.3 Å². The molecule has 1 heterocycles. The molecule has 84 valence electrons. The number of nitrogens with one attached hydrogen (secondary N) is 1. The van der Waals surface area contributed by atoms with Gasteiger partial charge in [0.15, 0.2) is 5.13 Å². The van der Waals surface area contributed by atoms with Gasteiger partial charge in [-0.3, -0.25) is 0 Å². The molecule has 2 nitrogen and oxygen atoms in total. The maximum atomic E-state index is 5.93. The highest BCUT2D eigenvalue weighted by Crippen LogP contribution is 2.25. The summed E-state index contributed by atoms with van der Waals surface area (Å²) in [5, 5.41) is 7.15. The number of rotatable bonds is 3. The van der Waals surface area contributed by atoms with Crippen LogP contribution < -0.4 is 5.32 Å². The second kappa shape index (κ2) is 5.04. The minimum absolute atomic E-state index is 0.154. The normalized spacial score (nSPS) is 12.4. The van der Waals surface area contributed by atoms with E-state index >= 15 is 0 Å². The minimum atomic E-state index is 0.154. The van der Waals surface area contributed by atoms with Crippen LogP contribution in [0.3, 0.4) is 0 Å². The molecule has 0 fully saturated rings. The van der Waals surface area contributed by atoms with Gasteiger partial charge in [0.2, 0.25) is 0 Å². The highest BCUT2D eigenvalue weighted by atomic mass is 35.5. The standard InChI is InChI=1S/C11H10Cl2N2S/c1-7(8-3-2-4-9(12)5-8)14-11-15-10(13)6-16-11/h2-7H,1H3,(H,14,15). The zero-order chi connectivity index (χ0) is 11.5. The number of anilines is 1. The summed E-state index contributed by atoms with van der Waals surface area (Å²) in [5.74, 6) is 0. The van der Waals surface area contributed by atoms with Crippen LogP contribution in [0, 0.1) is 0 Å². The molecular weight excluding hydrogens is 263 g/mol. The molecule has 1 atom stereocenters. The molecule has 0 aliphatic carbocycles. The molecule has 2 rings (SSSR count). The summed E-state index contributed by atoms with van der Waals surface area (Å²) in [6, 6.07) is 7.91. The van der Waals surface area contributed by atoms with Gasteiger partial charge < -0.3 is 5.32 Å². The Labute approximate surface area is 108 Å². The molecule has 0 saturated heterocycles. The molecule has 0 amide bonds. The zero-order valence-corrected chi connectivity index (χ0v) is 10.9. The van der Waals surface area contributed by atoms with Crippen LogP contribution in [0.15, 0.2) is 29.6 Å². The number of halogens is 2. The predicted octanol–water partition coefficient (Wildman–Crippen LogP) is 4.62. The van der Waals surface area contributed by atoms with Crippen molar-refractivity contribution in [3.05, 3.63) is 45.4 Å². The lowest BCUT2D eigenvalue weighted by Gasteiger charge is -2.13. The maximum Gasteiger partial charge on any atom is 0.184 e. The van der Waals surface area contributed by atoms with Crippen molar-refractivity contribution >= 4 is 39.7 Å². The van der Waals surface area contributed by atoms with Crippen LogP contribution in [0.2, 0.25) is 10.2 Å². The first kappa shape index (κ1) is 11.7. The number of hydrogen-bond acceptors (Lipinski definition) is 3. The molecule has 2 aromatic rings. The fourth-order valence-corrected chi connectivity index (χ4v) is 2.49. The summed E-state index contributed by atoms with van der Waals surface area (Å²) >= 11 is 13.2. The van der Waals surface area contributed by atoms with E-state index in [2.05, 4.69) is 17.2 Å². The molecule has 1 aromatic heterocycles. The van der Waals surface area contributed by atoms with Gasteiger partial charge in [0.1, 0.15) is 5.15 Å². The zero-order valence-electron chi connectivity index (χ0n) is 8.58. The molecule has 0 saturated carbocycles. The molecule has 0 spiro atoms. The molecule has 0 aliphatic heterocycles. The highest BCUT2D eigenvalue weighted by Gasteiger charge is 2.07. The van der Waals surface area contributed by atoms with Crippen molar-refractivity contribution in [1.82, 2.24) is 4.98 Å². The Morgan fingerprint density at radius 1 is 1.38 bits per heavy atom. The van der Waals surface area contributed by atoms with Crippen LogP contribution in [0.5, 0.6) is 0 Å². The van der Waals surface area contributed by atoms with E-state index in [0.717, 1.165) is 15.7 Å². The Bertz CT molecular complexity index is 484. The summed E-state index contributed by atoms with van der Waals surface area (Å²) in [7, 11) is 0. The van der Waals surface area contributed by atoms with E-state index < -0.39 is 0 Å². The average molecular weight is 273 g/mol. The third-order valence-electron chi connectivity index (χ3n) is 2.16. The predicted molar refractivity (Wildman–Crippen MR) is 70.6 cm³/mol. The second-order valence-corrected chi connectivity index (χ2v) is 5.08. The fraction of sp³-hybridized carbons (Fsp3) is 0.182. The van der Waals surface area contributed by atoms with Gasteiger partial charge in [-0.15, -0.1) is 11.3 Å². The average Bonchev–Trinajstić information content (AvgIpc) is 2.64. The van der Waals surface area contributed by atoms with Crippen molar-refractivity contribution in [2.24, 2.45) is 0 Å². The Balaban J connectivity index is 2.11. The largest absolute Gasteiger partial charge is 0.355 e. The van der Waals surface area contributed by atoms with E-state index in [-0.39, 0.29) is 6.04 Å². The van der Waals surface area contributed by atoms with Crippen molar-refractivity contribution in [1.29, 1.82) is 0 Å². The molecular formula is C11H10Cl2N2S. The third-order valence-corrected chi connectivity index (χ3v) is 3.50. The molecule has 1 N–H and O–H groups in total. The minimum Gasteiger partial charge on any atom is -0.355 e. The topological polar surface area (TPSA) is 24.9 Å². The molecule has 1 aromatic carbocycles. The van der Waals surface area contributed by atoms with Crippen LogP contribution in [-0.4, -0.2) is 4.98 Å². The van der Waals surface area contributed by atoms with E-state index in [0.29, 0.717) is 5.15 Å². The second-order valence-electron chi connectivity index (χ2n) is 3.40. The lowest BCUT2D eigenvalue weighted by atomic mass is 10.1. The van der Waals surface area contributed by atoms with Gasteiger partial charge in [-0.25, -0.2) is 4.98 Å². The van der Waals surface area contributed by atoms with Crippen molar-refractivity contribution < 1.29 is 0 Å². The van der Waals surface area contributed by atoms with Crippen molar-refractivity contribution in [3.8, 4) is 0 Å². The van der Waals surface area contributed by atoms with Crippen LogP contribution in [0.1, 0.15) is 18.5 Å². The van der Waals surface area contributed by atoms with E-state index in [1.807, 2.05) is 24.3 Å². The van der Waals surface area contributed by atoms with Crippen LogP contribution in [0.25, 0.3) is 0 Å². The lowest BCUT2D eigenvalue weighted by molar-refractivity contribution is 0.882. The van der Waals surface area contributed by atoms with Gasteiger partial charge >= 0.3 is 0 Å². The molecule has 0 radical (unpaired) electrons. The van der Waals surface area contributed by atoms with E-state index in [4.69, 9.17) is 23.2 Å². The van der Waals surface area contributed by atoms with E-state index in [1.165, 1.54) is 11.3 Å². The summed E-state index contributed by atoms with van der Waals surface area (Å²) in [6.45, 7) is 2.06. The lowest BCUT2D eigenvalue weighted by Crippen LogP contribution is -2.05. The fourth-order valence-electron chi connectivity index (χ4n) is 1.36.